The van der Waals surface area contributed by atoms with Gasteiger partial charge < -0.3 is 14.7 Å². The van der Waals surface area contributed by atoms with E-state index in [1.54, 1.807) is 17.0 Å². The minimum Gasteiger partial charge on any atom is -0.338 e. The van der Waals surface area contributed by atoms with Gasteiger partial charge >= 0.3 is 0 Å². The highest BCUT2D eigenvalue weighted by Gasteiger charge is 2.27. The van der Waals surface area contributed by atoms with Crippen LogP contribution in [0.15, 0.2) is 53.1 Å². The van der Waals surface area contributed by atoms with Crippen LogP contribution < -0.4 is 10.2 Å². The SMILES string of the molecule is O=C(Nc1cccc(N2CCCC2=O)c1)C1CCCN(Cc2nc(-c3ccc(Cl)cc3)no2)C1. The summed E-state index contributed by atoms with van der Waals surface area (Å²) < 4.78 is 5.45. The second-order valence-electron chi connectivity index (χ2n) is 8.78. The molecule has 1 N–H and O–H groups in total. The molecule has 3 heterocycles. The number of amides is 2. The van der Waals surface area contributed by atoms with Gasteiger partial charge in [-0.15, -0.1) is 0 Å². The minimum atomic E-state index is -0.135. The zero-order valence-electron chi connectivity index (χ0n) is 18.7. The highest BCUT2D eigenvalue weighted by atomic mass is 35.5. The predicted octanol–water partition coefficient (Wildman–Crippen LogP) is 4.37. The van der Waals surface area contributed by atoms with Gasteiger partial charge in [-0.25, -0.2) is 0 Å². The van der Waals surface area contributed by atoms with Crippen molar-refractivity contribution in [2.75, 3.05) is 29.9 Å². The van der Waals surface area contributed by atoms with Crippen molar-refractivity contribution < 1.29 is 14.1 Å². The Morgan fingerprint density at radius 1 is 1.15 bits per heavy atom. The molecule has 1 aromatic heterocycles. The van der Waals surface area contributed by atoms with Crippen molar-refractivity contribution in [1.82, 2.24) is 15.0 Å². The fraction of sp³-hybridized carbons (Fsp3) is 0.360. The van der Waals surface area contributed by atoms with E-state index in [0.717, 1.165) is 43.6 Å². The van der Waals surface area contributed by atoms with Crippen LogP contribution in [0.2, 0.25) is 5.02 Å². The number of likely N-dealkylation sites (tertiary alicyclic amines) is 1. The molecule has 2 aliphatic rings. The van der Waals surface area contributed by atoms with E-state index >= 15 is 0 Å². The maximum absolute atomic E-state index is 13.0. The molecule has 34 heavy (non-hydrogen) atoms. The van der Waals surface area contributed by atoms with Crippen molar-refractivity contribution in [2.45, 2.75) is 32.2 Å². The third-order valence-corrected chi connectivity index (χ3v) is 6.56. The summed E-state index contributed by atoms with van der Waals surface area (Å²) in [6.07, 6.45) is 3.19. The van der Waals surface area contributed by atoms with E-state index in [2.05, 4.69) is 20.4 Å². The number of piperidine rings is 1. The van der Waals surface area contributed by atoms with Gasteiger partial charge in [-0.2, -0.15) is 4.98 Å². The molecule has 0 radical (unpaired) electrons. The van der Waals surface area contributed by atoms with Crippen molar-refractivity contribution in [3.8, 4) is 11.4 Å². The molecule has 0 aliphatic carbocycles. The Morgan fingerprint density at radius 2 is 2.00 bits per heavy atom. The van der Waals surface area contributed by atoms with Gasteiger partial charge in [0.25, 0.3) is 0 Å². The van der Waals surface area contributed by atoms with Crippen LogP contribution >= 0.6 is 11.6 Å². The Hall–Kier alpha value is -3.23. The zero-order chi connectivity index (χ0) is 23.5. The highest BCUT2D eigenvalue weighted by Crippen LogP contribution is 2.26. The average molecular weight is 480 g/mol. The summed E-state index contributed by atoms with van der Waals surface area (Å²) in [5.41, 5.74) is 2.38. The monoisotopic (exact) mass is 479 g/mol. The summed E-state index contributed by atoms with van der Waals surface area (Å²) in [7, 11) is 0. The lowest BCUT2D eigenvalue weighted by molar-refractivity contribution is -0.121. The number of halogens is 1. The van der Waals surface area contributed by atoms with Crippen molar-refractivity contribution >= 4 is 34.8 Å². The number of benzene rings is 2. The topological polar surface area (TPSA) is 91.6 Å². The lowest BCUT2D eigenvalue weighted by atomic mass is 9.97. The molecule has 2 amide bonds. The van der Waals surface area contributed by atoms with Crippen LogP contribution in [0.1, 0.15) is 31.6 Å². The zero-order valence-corrected chi connectivity index (χ0v) is 19.5. The van der Waals surface area contributed by atoms with E-state index in [9.17, 15) is 9.59 Å². The standard InChI is InChI=1S/C25H26ClN5O3/c26-19-10-8-17(9-11-19)24-28-22(34-29-24)16-30-12-2-4-18(15-30)25(33)27-20-5-1-6-21(14-20)31-13-3-7-23(31)32/h1,5-6,8-11,14,18H,2-4,7,12-13,15-16H2,(H,27,33). The summed E-state index contributed by atoms with van der Waals surface area (Å²) in [6, 6.07) is 14.8. The molecule has 2 saturated heterocycles. The fourth-order valence-electron chi connectivity index (χ4n) is 4.56. The van der Waals surface area contributed by atoms with E-state index in [4.69, 9.17) is 16.1 Å². The summed E-state index contributed by atoms with van der Waals surface area (Å²) in [4.78, 5) is 33.5. The third-order valence-electron chi connectivity index (χ3n) is 6.30. The molecule has 1 atom stereocenters. The Morgan fingerprint density at radius 3 is 2.79 bits per heavy atom. The van der Waals surface area contributed by atoms with Crippen molar-refractivity contribution in [2.24, 2.45) is 5.92 Å². The fourth-order valence-corrected chi connectivity index (χ4v) is 4.68. The average Bonchev–Trinajstić information content (AvgIpc) is 3.49. The first-order valence-corrected chi connectivity index (χ1v) is 11.9. The van der Waals surface area contributed by atoms with Gasteiger partial charge in [0.05, 0.1) is 12.5 Å². The molecule has 176 valence electrons. The van der Waals surface area contributed by atoms with E-state index in [1.165, 1.54) is 0 Å². The number of carbonyl (C=O) groups is 2. The first kappa shape index (κ1) is 22.6. The molecule has 2 fully saturated rings. The Kier molecular flexibility index (Phi) is 6.60. The molecule has 1 unspecified atom stereocenters. The Balaban J connectivity index is 1.19. The molecule has 0 saturated carbocycles. The first-order chi connectivity index (χ1) is 16.5. The molecule has 8 nitrogen and oxygen atoms in total. The number of nitrogens with zero attached hydrogens (tertiary/aromatic N) is 4. The summed E-state index contributed by atoms with van der Waals surface area (Å²) in [5, 5.41) is 7.77. The van der Waals surface area contributed by atoms with E-state index in [1.807, 2.05) is 36.4 Å². The van der Waals surface area contributed by atoms with Gasteiger partial charge in [-0.05, 0) is 68.3 Å². The number of aromatic nitrogens is 2. The summed E-state index contributed by atoms with van der Waals surface area (Å²) in [6.45, 7) is 2.71. The van der Waals surface area contributed by atoms with Crippen LogP contribution in [-0.4, -0.2) is 46.5 Å². The summed E-state index contributed by atoms with van der Waals surface area (Å²) >= 11 is 5.95. The quantitative estimate of drug-likeness (QED) is 0.564. The molecular formula is C25H26ClN5O3. The van der Waals surface area contributed by atoms with Crippen LogP contribution in [0.5, 0.6) is 0 Å². The third kappa shape index (κ3) is 5.13. The lowest BCUT2D eigenvalue weighted by Crippen LogP contribution is -2.40. The highest BCUT2D eigenvalue weighted by molar-refractivity contribution is 6.30. The maximum atomic E-state index is 13.0. The molecule has 5 rings (SSSR count). The molecule has 2 aromatic carbocycles. The van der Waals surface area contributed by atoms with Crippen molar-refractivity contribution in [1.29, 1.82) is 0 Å². The van der Waals surface area contributed by atoms with Crippen molar-refractivity contribution in [3.63, 3.8) is 0 Å². The molecule has 9 heteroatoms. The van der Waals surface area contributed by atoms with Gasteiger partial charge in [0.2, 0.25) is 23.5 Å². The van der Waals surface area contributed by atoms with Gasteiger partial charge in [0.15, 0.2) is 0 Å². The smallest absolute Gasteiger partial charge is 0.241 e. The van der Waals surface area contributed by atoms with Gasteiger partial charge in [0, 0.05) is 41.5 Å². The molecule has 0 spiro atoms. The largest absolute Gasteiger partial charge is 0.338 e. The number of carbonyl (C=O) groups excluding carboxylic acids is 2. The lowest BCUT2D eigenvalue weighted by Gasteiger charge is -2.31. The van der Waals surface area contributed by atoms with Crippen LogP contribution in [0, 0.1) is 5.92 Å². The number of anilines is 2. The van der Waals surface area contributed by atoms with Crippen molar-refractivity contribution in [3.05, 3.63) is 59.4 Å². The second kappa shape index (κ2) is 9.95. The van der Waals surface area contributed by atoms with E-state index in [0.29, 0.717) is 41.9 Å². The maximum Gasteiger partial charge on any atom is 0.241 e. The predicted molar refractivity (Wildman–Crippen MR) is 129 cm³/mol. The molecule has 3 aromatic rings. The Bertz CT molecular complexity index is 1180. The van der Waals surface area contributed by atoms with E-state index < -0.39 is 0 Å². The van der Waals surface area contributed by atoms with Crippen LogP contribution in [0.3, 0.4) is 0 Å². The normalized spacial score (nSPS) is 18.9. The number of rotatable bonds is 6. The molecule has 0 bridgehead atoms. The number of hydrogen-bond acceptors (Lipinski definition) is 6. The Labute approximate surface area is 202 Å². The van der Waals surface area contributed by atoms with Gasteiger partial charge in [-0.1, -0.05) is 22.8 Å². The molecular weight excluding hydrogens is 454 g/mol. The van der Waals surface area contributed by atoms with Crippen LogP contribution in [-0.2, 0) is 16.1 Å². The van der Waals surface area contributed by atoms with Gasteiger partial charge in [-0.3, -0.25) is 14.5 Å². The van der Waals surface area contributed by atoms with Crippen LogP contribution in [0.4, 0.5) is 11.4 Å². The second-order valence-corrected chi connectivity index (χ2v) is 9.22. The van der Waals surface area contributed by atoms with Crippen LogP contribution in [0.25, 0.3) is 11.4 Å². The summed E-state index contributed by atoms with van der Waals surface area (Å²) in [5.74, 6) is 1.03. The van der Waals surface area contributed by atoms with Gasteiger partial charge in [0.1, 0.15) is 0 Å². The minimum absolute atomic E-state index is 0.0121. The number of hydrogen-bond donors (Lipinski definition) is 1. The molecule has 2 aliphatic heterocycles. The number of nitrogens with one attached hydrogen (secondary N) is 1. The van der Waals surface area contributed by atoms with E-state index in [-0.39, 0.29) is 17.7 Å². The first-order valence-electron chi connectivity index (χ1n) is 11.6.